The van der Waals surface area contributed by atoms with Crippen molar-refractivity contribution in [2.24, 2.45) is 0 Å². The molecular weight excluding hydrogens is 226 g/mol. The van der Waals surface area contributed by atoms with Gasteiger partial charge in [-0.3, -0.25) is 0 Å². The van der Waals surface area contributed by atoms with Crippen LogP contribution in [0.2, 0.25) is 0 Å². The highest BCUT2D eigenvalue weighted by atomic mass is 16.5. The second-order valence-electron chi connectivity index (χ2n) is 5.71. The standard InChI is InChI=1S/C15H23NO2/c1-2-8-15(7-1)12-13(6-11-18-15)16-9-5-14-4-3-10-17-14/h3-4,10,13,16H,1-2,5-9,11-12H2. The Kier molecular flexibility index (Phi) is 3.71. The maximum atomic E-state index is 6.05. The quantitative estimate of drug-likeness (QED) is 0.891. The molecule has 1 atom stereocenters. The van der Waals surface area contributed by atoms with Crippen LogP contribution in [0.25, 0.3) is 0 Å². The van der Waals surface area contributed by atoms with E-state index in [1.165, 1.54) is 32.1 Å². The molecule has 1 aromatic rings. The smallest absolute Gasteiger partial charge is 0.105 e. The van der Waals surface area contributed by atoms with Crippen LogP contribution in [0.5, 0.6) is 0 Å². The average Bonchev–Trinajstić information content (AvgIpc) is 3.02. The van der Waals surface area contributed by atoms with Gasteiger partial charge in [-0.15, -0.1) is 0 Å². The summed E-state index contributed by atoms with van der Waals surface area (Å²) in [5, 5.41) is 3.67. The van der Waals surface area contributed by atoms with Crippen LogP contribution in [-0.2, 0) is 11.2 Å². The fourth-order valence-electron chi connectivity index (χ4n) is 3.42. The lowest BCUT2D eigenvalue weighted by Crippen LogP contribution is -2.46. The SMILES string of the molecule is c1coc(CCNC2CCOC3(CCCC3)C2)c1. The van der Waals surface area contributed by atoms with Gasteiger partial charge < -0.3 is 14.5 Å². The summed E-state index contributed by atoms with van der Waals surface area (Å²) in [5.41, 5.74) is 0.223. The van der Waals surface area contributed by atoms with Crippen LogP contribution < -0.4 is 5.32 Å². The van der Waals surface area contributed by atoms with Crippen LogP contribution >= 0.6 is 0 Å². The van der Waals surface area contributed by atoms with Gasteiger partial charge in [0, 0.05) is 25.6 Å². The third-order valence-electron chi connectivity index (χ3n) is 4.39. The first kappa shape index (κ1) is 12.2. The normalized spacial score (nSPS) is 26.8. The van der Waals surface area contributed by atoms with Crippen LogP contribution in [0.1, 0.15) is 44.3 Å². The fraction of sp³-hybridized carbons (Fsp3) is 0.733. The van der Waals surface area contributed by atoms with E-state index in [9.17, 15) is 0 Å². The third kappa shape index (κ3) is 2.78. The zero-order valence-corrected chi connectivity index (χ0v) is 11.0. The Hall–Kier alpha value is -0.800. The molecule has 0 bridgehead atoms. The number of nitrogens with one attached hydrogen (secondary N) is 1. The molecule has 1 N–H and O–H groups in total. The van der Waals surface area contributed by atoms with Crippen LogP contribution in [-0.4, -0.2) is 24.8 Å². The summed E-state index contributed by atoms with van der Waals surface area (Å²) in [6, 6.07) is 4.63. The molecule has 3 nitrogen and oxygen atoms in total. The molecular formula is C15H23NO2. The number of hydrogen-bond donors (Lipinski definition) is 1. The summed E-state index contributed by atoms with van der Waals surface area (Å²) >= 11 is 0. The topological polar surface area (TPSA) is 34.4 Å². The first-order valence-corrected chi connectivity index (χ1v) is 7.26. The van der Waals surface area contributed by atoms with E-state index >= 15 is 0 Å². The molecule has 18 heavy (non-hydrogen) atoms. The number of ether oxygens (including phenoxy) is 1. The van der Waals surface area contributed by atoms with E-state index in [2.05, 4.69) is 5.32 Å². The van der Waals surface area contributed by atoms with Crippen molar-refractivity contribution in [1.82, 2.24) is 5.32 Å². The van der Waals surface area contributed by atoms with E-state index in [4.69, 9.17) is 9.15 Å². The summed E-state index contributed by atoms with van der Waals surface area (Å²) in [6.45, 7) is 1.94. The van der Waals surface area contributed by atoms with E-state index < -0.39 is 0 Å². The maximum absolute atomic E-state index is 6.05. The van der Waals surface area contributed by atoms with E-state index in [1.54, 1.807) is 6.26 Å². The minimum absolute atomic E-state index is 0.223. The predicted octanol–water partition coefficient (Wildman–Crippen LogP) is 2.90. The number of furan rings is 1. The minimum atomic E-state index is 0.223. The summed E-state index contributed by atoms with van der Waals surface area (Å²) in [6.07, 6.45) is 10.3. The molecule has 1 unspecified atom stereocenters. The molecule has 0 aromatic carbocycles. The second kappa shape index (κ2) is 5.45. The summed E-state index contributed by atoms with van der Waals surface area (Å²) in [4.78, 5) is 0. The summed E-state index contributed by atoms with van der Waals surface area (Å²) in [7, 11) is 0. The molecule has 1 aromatic heterocycles. The van der Waals surface area contributed by atoms with E-state index in [1.807, 2.05) is 12.1 Å². The van der Waals surface area contributed by atoms with Crippen molar-refractivity contribution in [2.75, 3.05) is 13.2 Å². The largest absolute Gasteiger partial charge is 0.469 e. The zero-order valence-electron chi connectivity index (χ0n) is 11.0. The van der Waals surface area contributed by atoms with Crippen molar-refractivity contribution in [3.63, 3.8) is 0 Å². The van der Waals surface area contributed by atoms with E-state index in [0.29, 0.717) is 6.04 Å². The molecule has 0 amide bonds. The number of hydrogen-bond acceptors (Lipinski definition) is 3. The molecule has 1 saturated carbocycles. The van der Waals surface area contributed by atoms with Gasteiger partial charge >= 0.3 is 0 Å². The van der Waals surface area contributed by atoms with Crippen molar-refractivity contribution in [3.8, 4) is 0 Å². The van der Waals surface area contributed by atoms with Crippen molar-refractivity contribution in [1.29, 1.82) is 0 Å². The summed E-state index contributed by atoms with van der Waals surface area (Å²) in [5.74, 6) is 1.07. The maximum Gasteiger partial charge on any atom is 0.105 e. The molecule has 100 valence electrons. The van der Waals surface area contributed by atoms with Crippen LogP contribution in [0, 0.1) is 0 Å². The molecule has 2 fully saturated rings. The highest BCUT2D eigenvalue weighted by molar-refractivity contribution is 4.99. The van der Waals surface area contributed by atoms with Gasteiger partial charge in [-0.25, -0.2) is 0 Å². The Morgan fingerprint density at radius 3 is 3.00 bits per heavy atom. The Morgan fingerprint density at radius 1 is 1.33 bits per heavy atom. The van der Waals surface area contributed by atoms with Gasteiger partial charge in [-0.05, 0) is 37.8 Å². The second-order valence-corrected chi connectivity index (χ2v) is 5.71. The molecule has 2 heterocycles. The Balaban J connectivity index is 1.45. The summed E-state index contributed by atoms with van der Waals surface area (Å²) < 4.78 is 11.4. The van der Waals surface area contributed by atoms with Gasteiger partial charge in [0.25, 0.3) is 0 Å². The Morgan fingerprint density at radius 2 is 2.22 bits per heavy atom. The molecule has 1 spiro atoms. The lowest BCUT2D eigenvalue weighted by Gasteiger charge is -2.38. The van der Waals surface area contributed by atoms with Crippen molar-refractivity contribution in [3.05, 3.63) is 24.2 Å². The van der Waals surface area contributed by atoms with Crippen molar-refractivity contribution >= 4 is 0 Å². The van der Waals surface area contributed by atoms with E-state index in [-0.39, 0.29) is 5.60 Å². The van der Waals surface area contributed by atoms with Gasteiger partial charge in [0.1, 0.15) is 5.76 Å². The lowest BCUT2D eigenvalue weighted by molar-refractivity contribution is -0.0834. The third-order valence-corrected chi connectivity index (χ3v) is 4.39. The molecule has 3 heteroatoms. The molecule has 3 rings (SSSR count). The van der Waals surface area contributed by atoms with Gasteiger partial charge in [-0.1, -0.05) is 12.8 Å². The first-order chi connectivity index (χ1) is 8.86. The highest BCUT2D eigenvalue weighted by Crippen LogP contribution is 2.39. The minimum Gasteiger partial charge on any atom is -0.469 e. The zero-order chi connectivity index (χ0) is 12.3. The molecule has 1 saturated heterocycles. The van der Waals surface area contributed by atoms with E-state index in [0.717, 1.165) is 31.8 Å². The van der Waals surface area contributed by atoms with Gasteiger partial charge in [0.15, 0.2) is 0 Å². The van der Waals surface area contributed by atoms with Crippen LogP contribution in [0.15, 0.2) is 22.8 Å². The van der Waals surface area contributed by atoms with Gasteiger partial charge in [0.2, 0.25) is 0 Å². The predicted molar refractivity (Wildman–Crippen MR) is 70.6 cm³/mol. The lowest BCUT2D eigenvalue weighted by atomic mass is 9.89. The van der Waals surface area contributed by atoms with Gasteiger partial charge in [-0.2, -0.15) is 0 Å². The number of rotatable bonds is 4. The average molecular weight is 249 g/mol. The fourth-order valence-corrected chi connectivity index (χ4v) is 3.42. The molecule has 1 aliphatic carbocycles. The van der Waals surface area contributed by atoms with Crippen molar-refractivity contribution in [2.45, 2.75) is 56.6 Å². The van der Waals surface area contributed by atoms with Crippen LogP contribution in [0.3, 0.4) is 0 Å². The Labute approximate surface area is 109 Å². The first-order valence-electron chi connectivity index (χ1n) is 7.26. The van der Waals surface area contributed by atoms with Crippen LogP contribution in [0.4, 0.5) is 0 Å². The highest BCUT2D eigenvalue weighted by Gasteiger charge is 2.39. The van der Waals surface area contributed by atoms with Crippen molar-refractivity contribution < 1.29 is 9.15 Å². The molecule has 0 radical (unpaired) electrons. The molecule has 2 aliphatic rings. The van der Waals surface area contributed by atoms with Gasteiger partial charge in [0.05, 0.1) is 11.9 Å². The molecule has 1 aliphatic heterocycles. The monoisotopic (exact) mass is 249 g/mol. The Bertz CT molecular complexity index is 355.